The number of nitrogens with zero attached hydrogens (tertiary/aromatic N) is 3. The lowest BCUT2D eigenvalue weighted by Crippen LogP contribution is -2.40. The fourth-order valence-electron chi connectivity index (χ4n) is 2.44. The molecule has 0 saturated carbocycles. The number of hydrogen-bond acceptors (Lipinski definition) is 8. The first-order valence-corrected chi connectivity index (χ1v) is 17.0. The van der Waals surface area contributed by atoms with Gasteiger partial charge in [0.2, 0.25) is 8.03 Å². The molecule has 0 heterocycles. The van der Waals surface area contributed by atoms with Crippen molar-refractivity contribution < 1.29 is 66.9 Å². The van der Waals surface area contributed by atoms with Crippen LogP contribution in [0.4, 0.5) is 0 Å². The maximum Gasteiger partial charge on any atom is 0.339 e. The molecular weight excluding hydrogens is 529 g/mol. The molecule has 31 heavy (non-hydrogen) atoms. The van der Waals surface area contributed by atoms with Gasteiger partial charge in [0.1, 0.15) is 25.1 Å². The Morgan fingerprint density at radius 2 is 0.774 bits per heavy atom. The molecule has 0 radical (unpaired) electrons. The zero-order valence-electron chi connectivity index (χ0n) is 16.1. The molecule has 9 N–H and O–H groups in total. The summed E-state index contributed by atoms with van der Waals surface area (Å²) in [7, 11) is -21.9. The maximum absolute atomic E-state index is 11.4. The smallest absolute Gasteiger partial charge is 0.339 e. The molecule has 0 aromatic rings. The Morgan fingerprint density at radius 3 is 1.10 bits per heavy atom. The highest BCUT2D eigenvalue weighted by Crippen LogP contribution is 2.41. The van der Waals surface area contributed by atoms with Crippen molar-refractivity contribution in [2.45, 2.75) is 0 Å². The Kier molecular flexibility index (Phi) is 13.2. The van der Waals surface area contributed by atoms with Crippen LogP contribution in [0.25, 0.3) is 0 Å². The maximum atomic E-state index is 11.4. The number of rotatable bonds is 16. The molecule has 22 heteroatoms. The van der Waals surface area contributed by atoms with Gasteiger partial charge in [-0.2, -0.15) is 0 Å². The molecule has 0 aromatic carbocycles. The van der Waals surface area contributed by atoms with Crippen LogP contribution in [0.5, 0.6) is 0 Å². The normalized spacial score (nSPS) is 15.2. The molecule has 1 unspecified atom stereocenters. The van der Waals surface area contributed by atoms with Crippen LogP contribution in [-0.2, 0) is 22.8 Å². The third kappa shape index (κ3) is 21.0. The molecule has 0 saturated heterocycles. The van der Waals surface area contributed by atoms with E-state index in [1.165, 1.54) is 0 Å². The molecule has 0 aromatic heterocycles. The lowest BCUT2D eigenvalue weighted by atomic mass is 10.4. The van der Waals surface area contributed by atoms with E-state index in [0.29, 0.717) is 4.90 Å². The third-order valence-corrected chi connectivity index (χ3v) is 7.15. The quantitative estimate of drug-likeness (QED) is 0.0915. The van der Waals surface area contributed by atoms with Crippen LogP contribution in [0.1, 0.15) is 0 Å². The molecule has 0 rings (SSSR count). The van der Waals surface area contributed by atoms with Crippen LogP contribution in [0.3, 0.4) is 0 Å². The zero-order chi connectivity index (χ0) is 24.7. The van der Waals surface area contributed by atoms with Gasteiger partial charge in [0.15, 0.2) is 0 Å². The molecule has 0 aliphatic heterocycles. The Morgan fingerprint density at radius 1 is 0.516 bits per heavy atom. The Hall–Kier alpha value is 0.670. The molecular formula is C9H28N3O14P5. The van der Waals surface area contributed by atoms with Crippen LogP contribution < -0.4 is 0 Å². The predicted molar refractivity (Wildman–Crippen MR) is 109 cm³/mol. The average molecular weight is 557 g/mol. The van der Waals surface area contributed by atoms with Gasteiger partial charge >= 0.3 is 30.4 Å². The standard InChI is InChI=1S/C9H28N3O14P5/c13-27(14)5-11(7-29(18,19)20)3-1-10(6-28(15,16)17)2-4-12(8-30(21,22)23)9-31(24,25)26/h27H,1-9H2,(H,13,14)(H2,15,16,17)(H2,18,19,20)(H2,21,22,23)(H2,24,25,26). The van der Waals surface area contributed by atoms with Gasteiger partial charge in [-0.15, -0.1) is 0 Å². The molecule has 0 aliphatic carbocycles. The van der Waals surface area contributed by atoms with Crippen molar-refractivity contribution in [1.29, 1.82) is 0 Å². The summed E-state index contributed by atoms with van der Waals surface area (Å²) in [6, 6.07) is 0. The highest BCUT2D eigenvalue weighted by molar-refractivity contribution is 7.53. The molecule has 0 spiro atoms. The van der Waals surface area contributed by atoms with E-state index in [-0.39, 0.29) is 19.6 Å². The van der Waals surface area contributed by atoms with Gasteiger partial charge in [0.05, 0.1) is 6.29 Å². The Labute approximate surface area is 178 Å². The molecule has 1 atom stereocenters. The van der Waals surface area contributed by atoms with Gasteiger partial charge < -0.3 is 44.0 Å². The summed E-state index contributed by atoms with van der Waals surface area (Å²) < 4.78 is 55.9. The van der Waals surface area contributed by atoms with Gasteiger partial charge in [-0.1, -0.05) is 0 Å². The van der Waals surface area contributed by atoms with Crippen molar-refractivity contribution in [3.8, 4) is 0 Å². The first-order valence-electron chi connectivity index (χ1n) is 8.22. The van der Waals surface area contributed by atoms with E-state index in [4.69, 9.17) is 34.3 Å². The molecule has 0 bridgehead atoms. The highest BCUT2D eigenvalue weighted by atomic mass is 31.2. The Balaban J connectivity index is 5.31. The van der Waals surface area contributed by atoms with Gasteiger partial charge in [0.25, 0.3) is 0 Å². The number of hydrogen-bond donors (Lipinski definition) is 9. The molecule has 0 aliphatic rings. The first kappa shape index (κ1) is 31.7. The van der Waals surface area contributed by atoms with Crippen LogP contribution in [0.15, 0.2) is 0 Å². The average Bonchev–Trinajstić information content (AvgIpc) is 2.42. The summed E-state index contributed by atoms with van der Waals surface area (Å²) in [4.78, 5) is 84.4. The van der Waals surface area contributed by atoms with E-state index in [1.807, 2.05) is 0 Å². The lowest BCUT2D eigenvalue weighted by Gasteiger charge is -2.30. The van der Waals surface area contributed by atoms with E-state index in [9.17, 15) is 32.6 Å². The van der Waals surface area contributed by atoms with E-state index in [2.05, 4.69) is 0 Å². The van der Waals surface area contributed by atoms with Crippen molar-refractivity contribution in [3.63, 3.8) is 0 Å². The monoisotopic (exact) mass is 557 g/mol. The summed E-state index contributed by atoms with van der Waals surface area (Å²) in [5.74, 6) is 0. The van der Waals surface area contributed by atoms with Gasteiger partial charge in [-0.05, 0) is 0 Å². The zero-order valence-corrected chi connectivity index (χ0v) is 20.6. The summed E-state index contributed by atoms with van der Waals surface area (Å²) in [6.07, 6.45) is -4.43. The van der Waals surface area contributed by atoms with E-state index >= 15 is 0 Å². The molecule has 17 nitrogen and oxygen atoms in total. The fraction of sp³-hybridized carbons (Fsp3) is 1.00. The summed E-state index contributed by atoms with van der Waals surface area (Å²) in [6.45, 7) is -1.37. The van der Waals surface area contributed by atoms with E-state index in [1.54, 1.807) is 0 Å². The first-order chi connectivity index (χ1) is 13.7. The second-order valence-corrected chi connectivity index (χ2v) is 14.2. The van der Waals surface area contributed by atoms with Crippen LogP contribution in [-0.4, -0.2) is 116 Å². The SMILES string of the molecule is O=[PH](O)CN(CCN(CCN(CP(=O)(O)O)CP(=O)(O)O)CP(=O)(O)O)CP(=O)(O)O. The summed E-state index contributed by atoms with van der Waals surface area (Å²) >= 11 is 0. The van der Waals surface area contributed by atoms with Gasteiger partial charge in [0, 0.05) is 26.2 Å². The van der Waals surface area contributed by atoms with E-state index in [0.717, 1.165) is 9.80 Å². The van der Waals surface area contributed by atoms with Crippen molar-refractivity contribution in [2.24, 2.45) is 0 Å². The lowest BCUT2D eigenvalue weighted by molar-refractivity contribution is 0.201. The van der Waals surface area contributed by atoms with Crippen molar-refractivity contribution in [1.82, 2.24) is 14.7 Å². The Bertz CT molecular complexity index is 747. The van der Waals surface area contributed by atoms with Crippen molar-refractivity contribution in [3.05, 3.63) is 0 Å². The van der Waals surface area contributed by atoms with Gasteiger partial charge in [-0.3, -0.25) is 37.5 Å². The van der Waals surface area contributed by atoms with Gasteiger partial charge in [-0.25, -0.2) is 0 Å². The van der Waals surface area contributed by atoms with E-state index < -0.39 is 76.4 Å². The fourth-order valence-corrected chi connectivity index (χ4v) is 6.53. The van der Waals surface area contributed by atoms with Crippen molar-refractivity contribution >= 4 is 38.4 Å². The highest BCUT2D eigenvalue weighted by Gasteiger charge is 2.28. The largest absolute Gasteiger partial charge is 0.345 e. The van der Waals surface area contributed by atoms with Crippen molar-refractivity contribution in [2.75, 3.05) is 57.6 Å². The minimum absolute atomic E-state index is 0.292. The van der Waals surface area contributed by atoms with Crippen LogP contribution in [0, 0.1) is 0 Å². The van der Waals surface area contributed by atoms with Crippen LogP contribution >= 0.6 is 38.4 Å². The topological polar surface area (TPSA) is 277 Å². The minimum atomic E-state index is -4.72. The summed E-state index contributed by atoms with van der Waals surface area (Å²) in [5, 5.41) is 0. The molecule has 0 fully saturated rings. The predicted octanol–water partition coefficient (Wildman–Crippen LogP) is -2.14. The second kappa shape index (κ2) is 12.9. The second-order valence-electron chi connectivity index (χ2n) is 6.68. The summed E-state index contributed by atoms with van der Waals surface area (Å²) in [5.41, 5.74) is 0. The third-order valence-electron chi connectivity index (χ3n) is 3.36. The van der Waals surface area contributed by atoms with Crippen LogP contribution in [0.2, 0.25) is 0 Å². The minimum Gasteiger partial charge on any atom is -0.345 e. The molecule has 188 valence electrons. The molecule has 0 amide bonds.